The van der Waals surface area contributed by atoms with Crippen LogP contribution in [0.4, 0.5) is 10.1 Å². The Kier molecular flexibility index (Phi) is 3.36. The van der Waals surface area contributed by atoms with Crippen molar-refractivity contribution in [2.24, 2.45) is 0 Å². The smallest absolute Gasteiger partial charge is 0.305 e. The number of nitrogens with one attached hydrogen (secondary N) is 2. The van der Waals surface area contributed by atoms with Gasteiger partial charge in [0.15, 0.2) is 0 Å². The van der Waals surface area contributed by atoms with Gasteiger partial charge in [-0.3, -0.25) is 14.9 Å². The van der Waals surface area contributed by atoms with Crippen LogP contribution in [0, 0.1) is 15.9 Å². The zero-order chi connectivity index (χ0) is 15.0. The van der Waals surface area contributed by atoms with Gasteiger partial charge in [0.05, 0.1) is 15.8 Å². The highest BCUT2D eigenvalue weighted by Gasteiger charge is 2.18. The fraction of sp³-hybridized carbons (Fsp3) is 0.111. The highest BCUT2D eigenvalue weighted by molar-refractivity contribution is 7.85. The zero-order valence-electron chi connectivity index (χ0n) is 9.88. The number of nitrogens with zero attached hydrogens (tertiary/aromatic N) is 2. The number of aromatic nitrogens is 2. The Labute approximate surface area is 111 Å². The van der Waals surface area contributed by atoms with Crippen molar-refractivity contribution in [3.63, 3.8) is 0 Å². The molecule has 0 aliphatic carbocycles. The minimum absolute atomic E-state index is 0.187. The third kappa shape index (κ3) is 2.30. The lowest BCUT2D eigenvalue weighted by atomic mass is 10.2. The average Bonchev–Trinajstić information content (AvgIpc) is 2.34. The molecule has 2 rings (SSSR count). The van der Waals surface area contributed by atoms with Crippen LogP contribution < -0.4 is 16.1 Å². The summed E-state index contributed by atoms with van der Waals surface area (Å²) in [4.78, 5) is 37.4. The molecule has 1 atom stereocenters. The molecule has 0 saturated heterocycles. The summed E-state index contributed by atoms with van der Waals surface area (Å²) in [6.45, 7) is 0. The Morgan fingerprint density at radius 3 is 2.65 bits per heavy atom. The second-order valence-corrected chi connectivity index (χ2v) is 4.81. The predicted octanol–water partition coefficient (Wildman–Crippen LogP) is -0.426. The second-order valence-electron chi connectivity index (χ2n) is 3.72. The van der Waals surface area contributed by atoms with Crippen molar-refractivity contribution >= 4 is 27.6 Å². The van der Waals surface area contributed by atoms with Crippen molar-refractivity contribution in [3.05, 3.63) is 48.9 Å². The first kappa shape index (κ1) is 13.9. The molecule has 11 heteroatoms. The van der Waals surface area contributed by atoms with E-state index in [-0.39, 0.29) is 10.9 Å². The normalized spacial score (nSPS) is 12.3. The standard InChI is InChI=1S/C9H7FN4O5S/c1-20(19)12-13-8(15)4-2-5(10)7(14(17)18)3-6(4)11-9(13)16/h2-3,12H,1H3,(H,11,16). The lowest BCUT2D eigenvalue weighted by Crippen LogP contribution is -2.41. The zero-order valence-corrected chi connectivity index (χ0v) is 10.7. The summed E-state index contributed by atoms with van der Waals surface area (Å²) in [5, 5.41) is 10.3. The van der Waals surface area contributed by atoms with Crippen LogP contribution in [0.25, 0.3) is 10.9 Å². The summed E-state index contributed by atoms with van der Waals surface area (Å²) >= 11 is 0. The summed E-state index contributed by atoms with van der Waals surface area (Å²) < 4.78 is 24.9. The first-order chi connectivity index (χ1) is 9.31. The number of benzene rings is 1. The van der Waals surface area contributed by atoms with Gasteiger partial charge in [-0.15, -0.1) is 0 Å². The molecule has 0 fully saturated rings. The van der Waals surface area contributed by atoms with E-state index in [1.54, 1.807) is 0 Å². The van der Waals surface area contributed by atoms with Crippen LogP contribution in [-0.2, 0) is 11.0 Å². The van der Waals surface area contributed by atoms with Gasteiger partial charge in [-0.25, -0.2) is 13.8 Å². The van der Waals surface area contributed by atoms with Crippen molar-refractivity contribution in [3.8, 4) is 0 Å². The molecule has 9 nitrogen and oxygen atoms in total. The number of H-pyrrole nitrogens is 1. The Morgan fingerprint density at radius 1 is 1.45 bits per heavy atom. The molecule has 0 radical (unpaired) electrons. The molecular formula is C9H7FN4O5S. The molecule has 1 heterocycles. The van der Waals surface area contributed by atoms with E-state index in [0.717, 1.165) is 6.07 Å². The van der Waals surface area contributed by atoms with Gasteiger partial charge in [0.25, 0.3) is 5.56 Å². The summed E-state index contributed by atoms with van der Waals surface area (Å²) in [5.74, 6) is -1.21. The molecule has 0 aliphatic heterocycles. The number of aromatic amines is 1. The number of rotatable bonds is 3. The van der Waals surface area contributed by atoms with Gasteiger partial charge in [-0.05, 0) is 6.07 Å². The number of hydrogen-bond donors (Lipinski definition) is 2. The maximum absolute atomic E-state index is 13.5. The van der Waals surface area contributed by atoms with E-state index in [4.69, 9.17) is 0 Å². The van der Waals surface area contributed by atoms with E-state index in [2.05, 4.69) is 9.82 Å². The van der Waals surface area contributed by atoms with Crippen LogP contribution in [0.15, 0.2) is 21.7 Å². The SMILES string of the molecule is CS(=O)Nn1c(=O)[nH]c2cc([N+](=O)[O-])c(F)cc2c1=O. The lowest BCUT2D eigenvalue weighted by molar-refractivity contribution is -0.387. The summed E-state index contributed by atoms with van der Waals surface area (Å²) in [5.41, 5.74) is -2.99. The number of halogens is 1. The van der Waals surface area contributed by atoms with Crippen LogP contribution in [0.5, 0.6) is 0 Å². The van der Waals surface area contributed by atoms with Crippen molar-refractivity contribution in [1.82, 2.24) is 9.66 Å². The Hall–Kier alpha value is -2.56. The monoisotopic (exact) mass is 302 g/mol. The highest BCUT2D eigenvalue weighted by atomic mass is 32.2. The molecule has 1 unspecified atom stereocenters. The number of nitro groups is 1. The van der Waals surface area contributed by atoms with Crippen molar-refractivity contribution in [2.75, 3.05) is 11.1 Å². The Bertz CT molecular complexity index is 858. The van der Waals surface area contributed by atoms with Gasteiger partial charge in [-0.1, -0.05) is 0 Å². The maximum Gasteiger partial charge on any atom is 0.348 e. The van der Waals surface area contributed by atoms with E-state index < -0.39 is 38.7 Å². The molecule has 0 spiro atoms. The molecule has 0 aliphatic rings. The Morgan fingerprint density at radius 2 is 2.10 bits per heavy atom. The minimum atomic E-state index is -1.71. The first-order valence-corrected chi connectivity index (χ1v) is 6.60. The van der Waals surface area contributed by atoms with Crippen LogP contribution in [0.1, 0.15) is 0 Å². The van der Waals surface area contributed by atoms with Gasteiger partial charge in [-0.2, -0.15) is 9.07 Å². The molecule has 0 amide bonds. The topological polar surface area (TPSA) is 127 Å². The summed E-state index contributed by atoms with van der Waals surface area (Å²) in [6, 6.07) is 1.39. The van der Waals surface area contributed by atoms with E-state index in [1.807, 2.05) is 0 Å². The largest absolute Gasteiger partial charge is 0.348 e. The first-order valence-electron chi connectivity index (χ1n) is 5.04. The third-order valence-corrected chi connectivity index (χ3v) is 2.82. The number of hydrogen-bond acceptors (Lipinski definition) is 5. The molecule has 2 aromatic rings. The molecule has 1 aromatic carbocycles. The number of nitro benzene ring substituents is 1. The van der Waals surface area contributed by atoms with E-state index in [0.29, 0.717) is 10.7 Å². The summed E-state index contributed by atoms with van der Waals surface area (Å²) in [6.07, 6.45) is 1.19. The van der Waals surface area contributed by atoms with E-state index in [1.165, 1.54) is 6.26 Å². The Balaban J connectivity index is 2.84. The van der Waals surface area contributed by atoms with Crippen molar-refractivity contribution in [1.29, 1.82) is 0 Å². The summed E-state index contributed by atoms with van der Waals surface area (Å²) in [7, 11) is -1.71. The number of fused-ring (bicyclic) bond motifs is 1. The van der Waals surface area contributed by atoms with Crippen molar-refractivity contribution < 1.29 is 13.5 Å². The quantitative estimate of drug-likeness (QED) is 0.587. The predicted molar refractivity (Wildman–Crippen MR) is 68.9 cm³/mol. The molecule has 106 valence electrons. The molecule has 2 N–H and O–H groups in total. The van der Waals surface area contributed by atoms with Crippen molar-refractivity contribution in [2.45, 2.75) is 0 Å². The van der Waals surface area contributed by atoms with Crippen LogP contribution in [0.3, 0.4) is 0 Å². The second kappa shape index (κ2) is 4.85. The van der Waals surface area contributed by atoms with Gasteiger partial charge < -0.3 is 4.98 Å². The molecule has 0 bridgehead atoms. The van der Waals surface area contributed by atoms with Gasteiger partial charge >= 0.3 is 11.4 Å². The third-order valence-electron chi connectivity index (χ3n) is 2.38. The lowest BCUT2D eigenvalue weighted by Gasteiger charge is -2.06. The van der Waals surface area contributed by atoms with Gasteiger partial charge in [0, 0.05) is 12.3 Å². The van der Waals surface area contributed by atoms with Gasteiger partial charge in [0.2, 0.25) is 5.82 Å². The molecule has 20 heavy (non-hydrogen) atoms. The van der Waals surface area contributed by atoms with Crippen LogP contribution in [0.2, 0.25) is 0 Å². The minimum Gasteiger partial charge on any atom is -0.305 e. The maximum atomic E-state index is 13.5. The molecule has 0 saturated carbocycles. The molecular weight excluding hydrogens is 295 g/mol. The van der Waals surface area contributed by atoms with Crippen LogP contribution >= 0.6 is 0 Å². The fourth-order valence-corrected chi connectivity index (χ4v) is 2.00. The fourth-order valence-electron chi connectivity index (χ4n) is 1.58. The van der Waals surface area contributed by atoms with E-state index >= 15 is 0 Å². The molecule has 1 aromatic heterocycles. The van der Waals surface area contributed by atoms with Crippen LogP contribution in [-0.4, -0.2) is 25.0 Å². The van der Waals surface area contributed by atoms with E-state index in [9.17, 15) is 28.3 Å². The van der Waals surface area contributed by atoms with Gasteiger partial charge in [0.1, 0.15) is 11.0 Å². The average molecular weight is 302 g/mol. The highest BCUT2D eigenvalue weighted by Crippen LogP contribution is 2.20.